The van der Waals surface area contributed by atoms with Crippen LogP contribution < -0.4 is 11.2 Å². The molecule has 0 spiro atoms. The number of hydrogen-bond acceptors (Lipinski definition) is 6. The predicted octanol–water partition coefficient (Wildman–Crippen LogP) is 2.51. The van der Waals surface area contributed by atoms with E-state index < -0.39 is 5.25 Å². The lowest BCUT2D eigenvalue weighted by molar-refractivity contribution is -0.115. The summed E-state index contributed by atoms with van der Waals surface area (Å²) in [5.41, 5.74) is 0.513. The van der Waals surface area contributed by atoms with Gasteiger partial charge in [-0.1, -0.05) is 11.8 Å². The summed E-state index contributed by atoms with van der Waals surface area (Å²) in [7, 11) is 0. The highest BCUT2D eigenvalue weighted by Crippen LogP contribution is 2.25. The van der Waals surface area contributed by atoms with E-state index >= 15 is 0 Å². The minimum Gasteiger partial charge on any atom is -0.461 e. The van der Waals surface area contributed by atoms with E-state index in [1.807, 2.05) is 0 Å². The van der Waals surface area contributed by atoms with Gasteiger partial charge in [0.2, 0.25) is 16.9 Å². The standard InChI is InChI=1S/C15H14FN5O2S/c1-9(14(22)18-11-6-4-10(16)5-7-11)24-15-20-19-13(21(15)17)12-3-2-8-23-12/h2-9H,17H2,1H3,(H,18,22)/t9-/m1/s1. The third-order valence-corrected chi connectivity index (χ3v) is 4.23. The zero-order chi connectivity index (χ0) is 17.1. The highest BCUT2D eigenvalue weighted by Gasteiger charge is 2.20. The van der Waals surface area contributed by atoms with Gasteiger partial charge in [-0.2, -0.15) is 0 Å². The van der Waals surface area contributed by atoms with Gasteiger partial charge in [-0.3, -0.25) is 4.79 Å². The first-order valence-electron chi connectivity index (χ1n) is 7.02. The minimum atomic E-state index is -0.481. The second-order valence-corrected chi connectivity index (χ2v) is 6.22. The number of hydrogen-bond donors (Lipinski definition) is 2. The van der Waals surface area contributed by atoms with Crippen LogP contribution in [0, 0.1) is 5.82 Å². The first kappa shape index (κ1) is 16.1. The van der Waals surface area contributed by atoms with Crippen LogP contribution in [-0.2, 0) is 4.79 Å². The number of amides is 1. The van der Waals surface area contributed by atoms with E-state index in [1.165, 1.54) is 35.2 Å². The third kappa shape index (κ3) is 3.40. The lowest BCUT2D eigenvalue weighted by Crippen LogP contribution is -2.23. The van der Waals surface area contributed by atoms with Crippen molar-refractivity contribution in [2.24, 2.45) is 0 Å². The zero-order valence-electron chi connectivity index (χ0n) is 12.6. The van der Waals surface area contributed by atoms with Crippen molar-refractivity contribution in [3.8, 4) is 11.6 Å². The largest absolute Gasteiger partial charge is 0.461 e. The SMILES string of the molecule is C[C@@H](Sc1nnc(-c2ccco2)n1N)C(=O)Nc1ccc(F)cc1. The fraction of sp³-hybridized carbons (Fsp3) is 0.133. The van der Waals surface area contributed by atoms with E-state index in [4.69, 9.17) is 10.3 Å². The summed E-state index contributed by atoms with van der Waals surface area (Å²) in [5, 5.41) is 10.5. The molecule has 3 rings (SSSR count). The lowest BCUT2D eigenvalue weighted by Gasteiger charge is -2.11. The Morgan fingerprint density at radius 3 is 2.75 bits per heavy atom. The fourth-order valence-corrected chi connectivity index (χ4v) is 2.69. The molecule has 0 saturated heterocycles. The van der Waals surface area contributed by atoms with Crippen LogP contribution in [-0.4, -0.2) is 26.0 Å². The van der Waals surface area contributed by atoms with Gasteiger partial charge in [-0.25, -0.2) is 9.07 Å². The Balaban J connectivity index is 1.67. The summed E-state index contributed by atoms with van der Waals surface area (Å²) < 4.78 is 19.4. The van der Waals surface area contributed by atoms with Crippen LogP contribution >= 0.6 is 11.8 Å². The smallest absolute Gasteiger partial charge is 0.237 e. The van der Waals surface area contributed by atoms with Crippen LogP contribution in [0.5, 0.6) is 0 Å². The predicted molar refractivity (Wildman–Crippen MR) is 88.2 cm³/mol. The molecule has 0 radical (unpaired) electrons. The summed E-state index contributed by atoms with van der Waals surface area (Å²) in [4.78, 5) is 12.2. The summed E-state index contributed by atoms with van der Waals surface area (Å²) >= 11 is 1.16. The molecule has 9 heteroatoms. The Hall–Kier alpha value is -2.81. The minimum absolute atomic E-state index is 0.255. The fourth-order valence-electron chi connectivity index (χ4n) is 1.92. The Bertz CT molecular complexity index is 832. The van der Waals surface area contributed by atoms with Gasteiger partial charge in [0, 0.05) is 5.69 Å². The molecule has 0 aliphatic rings. The van der Waals surface area contributed by atoms with Crippen molar-refractivity contribution < 1.29 is 13.6 Å². The Morgan fingerprint density at radius 1 is 1.33 bits per heavy atom. The highest BCUT2D eigenvalue weighted by atomic mass is 32.2. The molecule has 0 fully saturated rings. The number of carbonyl (C=O) groups excluding carboxylic acids is 1. The monoisotopic (exact) mass is 347 g/mol. The average Bonchev–Trinajstić information content (AvgIpc) is 3.20. The first-order valence-corrected chi connectivity index (χ1v) is 7.90. The van der Waals surface area contributed by atoms with Crippen LogP contribution in [0.3, 0.4) is 0 Å². The van der Waals surface area contributed by atoms with Crippen LogP contribution in [0.25, 0.3) is 11.6 Å². The van der Waals surface area contributed by atoms with Gasteiger partial charge in [0.1, 0.15) is 5.82 Å². The van der Waals surface area contributed by atoms with Crippen molar-refractivity contribution in [3.63, 3.8) is 0 Å². The van der Waals surface area contributed by atoms with Crippen molar-refractivity contribution in [3.05, 3.63) is 48.5 Å². The lowest BCUT2D eigenvalue weighted by atomic mass is 10.3. The first-order chi connectivity index (χ1) is 11.5. The molecule has 3 aromatic rings. The van der Waals surface area contributed by atoms with Gasteiger partial charge in [0.25, 0.3) is 0 Å². The molecule has 0 bridgehead atoms. The van der Waals surface area contributed by atoms with E-state index in [1.54, 1.807) is 19.1 Å². The Morgan fingerprint density at radius 2 is 2.08 bits per heavy atom. The van der Waals surface area contributed by atoms with E-state index in [0.29, 0.717) is 22.4 Å². The van der Waals surface area contributed by atoms with E-state index in [0.717, 1.165) is 11.8 Å². The quantitative estimate of drug-likeness (QED) is 0.543. The molecule has 1 atom stereocenters. The maximum Gasteiger partial charge on any atom is 0.237 e. The van der Waals surface area contributed by atoms with Gasteiger partial charge in [0.05, 0.1) is 11.5 Å². The number of benzene rings is 1. The number of rotatable bonds is 5. The number of nitrogens with one attached hydrogen (secondary N) is 1. The number of aromatic nitrogens is 3. The van der Waals surface area contributed by atoms with Gasteiger partial charge >= 0.3 is 0 Å². The Labute approximate surface area is 141 Å². The molecule has 1 aromatic carbocycles. The topological polar surface area (TPSA) is 99.0 Å². The molecule has 0 aliphatic carbocycles. The summed E-state index contributed by atoms with van der Waals surface area (Å²) in [6.07, 6.45) is 1.51. The molecule has 3 N–H and O–H groups in total. The summed E-state index contributed by atoms with van der Waals surface area (Å²) in [6, 6.07) is 8.97. The number of thioether (sulfide) groups is 1. The number of nitrogens with zero attached hydrogens (tertiary/aromatic N) is 3. The van der Waals surface area contributed by atoms with Crippen LogP contribution in [0.1, 0.15) is 6.92 Å². The molecule has 0 unspecified atom stereocenters. The number of carbonyl (C=O) groups is 1. The van der Waals surface area contributed by atoms with Gasteiger partial charge in [-0.15, -0.1) is 10.2 Å². The molecule has 1 amide bonds. The average molecular weight is 347 g/mol. The van der Waals surface area contributed by atoms with Gasteiger partial charge < -0.3 is 15.6 Å². The molecule has 0 saturated carbocycles. The second-order valence-electron chi connectivity index (χ2n) is 4.91. The molecule has 7 nitrogen and oxygen atoms in total. The molecule has 0 aliphatic heterocycles. The molecule has 24 heavy (non-hydrogen) atoms. The van der Waals surface area contributed by atoms with E-state index in [2.05, 4.69) is 15.5 Å². The highest BCUT2D eigenvalue weighted by molar-refractivity contribution is 8.00. The van der Waals surface area contributed by atoms with Crippen LogP contribution in [0.4, 0.5) is 10.1 Å². The zero-order valence-corrected chi connectivity index (χ0v) is 13.5. The molecule has 2 aromatic heterocycles. The maximum absolute atomic E-state index is 12.9. The number of nitrogens with two attached hydrogens (primary N) is 1. The number of halogens is 1. The second kappa shape index (κ2) is 6.75. The summed E-state index contributed by atoms with van der Waals surface area (Å²) in [6.45, 7) is 1.71. The van der Waals surface area contributed by atoms with Crippen molar-refractivity contribution in [2.45, 2.75) is 17.3 Å². The van der Waals surface area contributed by atoms with Gasteiger partial charge in [-0.05, 0) is 43.3 Å². The molecular formula is C15H14FN5O2S. The normalized spacial score (nSPS) is 12.1. The number of anilines is 1. The maximum atomic E-state index is 12.9. The number of nitrogen functional groups attached to an aromatic ring is 1. The molecular weight excluding hydrogens is 333 g/mol. The molecule has 124 valence electrons. The van der Waals surface area contributed by atoms with Crippen molar-refractivity contribution in [1.82, 2.24) is 14.9 Å². The third-order valence-electron chi connectivity index (χ3n) is 3.17. The summed E-state index contributed by atoms with van der Waals surface area (Å²) in [5.74, 6) is 6.19. The van der Waals surface area contributed by atoms with Crippen molar-refractivity contribution in [2.75, 3.05) is 11.2 Å². The number of furan rings is 1. The van der Waals surface area contributed by atoms with Gasteiger partial charge in [0.15, 0.2) is 5.76 Å². The molecule has 2 heterocycles. The van der Waals surface area contributed by atoms with Crippen molar-refractivity contribution >= 4 is 23.4 Å². The van der Waals surface area contributed by atoms with Crippen LogP contribution in [0.15, 0.2) is 52.2 Å². The Kier molecular flexibility index (Phi) is 4.52. The van der Waals surface area contributed by atoms with E-state index in [9.17, 15) is 9.18 Å². The van der Waals surface area contributed by atoms with E-state index in [-0.39, 0.29) is 11.7 Å². The van der Waals surface area contributed by atoms with Crippen LogP contribution in [0.2, 0.25) is 0 Å². The van der Waals surface area contributed by atoms with Crippen molar-refractivity contribution in [1.29, 1.82) is 0 Å².